The van der Waals surface area contributed by atoms with Crippen LogP contribution in [0, 0.1) is 0 Å². The number of benzene rings is 2. The predicted octanol–water partition coefficient (Wildman–Crippen LogP) is 4.23. The smallest absolute Gasteiger partial charge is 0.195 e. The van der Waals surface area contributed by atoms with Crippen molar-refractivity contribution in [3.8, 4) is 17.2 Å². The van der Waals surface area contributed by atoms with Crippen molar-refractivity contribution < 1.29 is 18.9 Å². The van der Waals surface area contributed by atoms with Crippen LogP contribution in [0.15, 0.2) is 47.5 Å². The van der Waals surface area contributed by atoms with E-state index in [1.165, 1.54) is 5.56 Å². The number of methoxy groups -OCH3 is 2. The highest BCUT2D eigenvalue weighted by Gasteiger charge is 2.34. The van der Waals surface area contributed by atoms with Crippen molar-refractivity contribution in [3.05, 3.63) is 48.0 Å². The molecule has 0 spiro atoms. The zero-order valence-electron chi connectivity index (χ0n) is 19.6. The van der Waals surface area contributed by atoms with Crippen LogP contribution >= 0.6 is 0 Å². The van der Waals surface area contributed by atoms with Gasteiger partial charge in [0.15, 0.2) is 17.5 Å². The monoisotopic (exact) mass is 441 g/mol. The first-order valence-electron chi connectivity index (χ1n) is 11.2. The molecule has 0 bridgehead atoms. The molecule has 1 saturated heterocycles. The third kappa shape index (κ3) is 5.85. The Morgan fingerprint density at radius 2 is 1.75 bits per heavy atom. The predicted molar refractivity (Wildman–Crippen MR) is 128 cm³/mol. The molecule has 2 aromatic rings. The van der Waals surface area contributed by atoms with Crippen molar-refractivity contribution in [2.75, 3.05) is 52.4 Å². The van der Waals surface area contributed by atoms with E-state index in [9.17, 15) is 0 Å². The Bertz CT molecular complexity index is 877. The second-order valence-corrected chi connectivity index (χ2v) is 7.74. The Labute approximate surface area is 191 Å². The lowest BCUT2D eigenvalue weighted by atomic mass is 9.74. The van der Waals surface area contributed by atoms with E-state index >= 15 is 0 Å². The normalized spacial score (nSPS) is 15.7. The third-order valence-electron chi connectivity index (χ3n) is 5.76. The summed E-state index contributed by atoms with van der Waals surface area (Å²) in [5, 5.41) is 6.76. The Morgan fingerprint density at radius 3 is 2.38 bits per heavy atom. The highest BCUT2D eigenvalue weighted by molar-refractivity contribution is 5.94. The van der Waals surface area contributed by atoms with Gasteiger partial charge in [-0.25, -0.2) is 0 Å². The topological polar surface area (TPSA) is 73.3 Å². The molecule has 0 amide bonds. The zero-order chi connectivity index (χ0) is 22.8. The molecule has 0 saturated carbocycles. The fraction of sp³-hybridized carbons (Fsp3) is 0.480. The van der Waals surface area contributed by atoms with E-state index in [0.717, 1.165) is 50.0 Å². The lowest BCUT2D eigenvalue weighted by Gasteiger charge is -2.36. The minimum absolute atomic E-state index is 0.0662. The average Bonchev–Trinajstić information content (AvgIpc) is 2.84. The van der Waals surface area contributed by atoms with Gasteiger partial charge in [-0.1, -0.05) is 12.1 Å². The lowest BCUT2D eigenvalue weighted by Crippen LogP contribution is -2.39. The molecular formula is C25H35N3O4. The molecule has 7 heteroatoms. The van der Waals surface area contributed by atoms with Crippen LogP contribution in [0.5, 0.6) is 17.2 Å². The zero-order valence-corrected chi connectivity index (χ0v) is 19.6. The molecule has 1 fully saturated rings. The molecule has 32 heavy (non-hydrogen) atoms. The van der Waals surface area contributed by atoms with Gasteiger partial charge in [-0.3, -0.25) is 4.99 Å². The SMILES string of the molecule is CCNC(=NCC1(c2ccc(OC)cc2)CCOCC1)Nc1ccc(OC)c(OCC)c1. The minimum atomic E-state index is -0.0662. The van der Waals surface area contributed by atoms with E-state index in [1.807, 2.05) is 37.3 Å². The maximum Gasteiger partial charge on any atom is 0.195 e. The van der Waals surface area contributed by atoms with Crippen LogP contribution in [0.25, 0.3) is 0 Å². The quantitative estimate of drug-likeness (QED) is 0.448. The summed E-state index contributed by atoms with van der Waals surface area (Å²) < 4.78 is 22.1. The molecule has 7 nitrogen and oxygen atoms in total. The minimum Gasteiger partial charge on any atom is -0.497 e. The van der Waals surface area contributed by atoms with Crippen molar-refractivity contribution in [2.45, 2.75) is 32.1 Å². The fourth-order valence-electron chi connectivity index (χ4n) is 3.94. The van der Waals surface area contributed by atoms with Crippen LogP contribution in [-0.2, 0) is 10.2 Å². The molecule has 0 unspecified atom stereocenters. The Kier molecular flexibility index (Phi) is 8.62. The first-order chi connectivity index (χ1) is 15.6. The molecular weight excluding hydrogens is 406 g/mol. The molecule has 0 radical (unpaired) electrons. The molecule has 0 aromatic heterocycles. The third-order valence-corrected chi connectivity index (χ3v) is 5.76. The van der Waals surface area contributed by atoms with Gasteiger partial charge in [0.1, 0.15) is 5.75 Å². The molecule has 1 aliphatic heterocycles. The van der Waals surface area contributed by atoms with Gasteiger partial charge in [-0.2, -0.15) is 0 Å². The summed E-state index contributed by atoms with van der Waals surface area (Å²) in [5.41, 5.74) is 2.09. The Hall–Kier alpha value is -2.93. The van der Waals surface area contributed by atoms with Crippen LogP contribution in [-0.4, -0.2) is 53.1 Å². The number of hydrogen-bond donors (Lipinski definition) is 2. The van der Waals surface area contributed by atoms with Gasteiger partial charge in [-0.15, -0.1) is 0 Å². The van der Waals surface area contributed by atoms with Gasteiger partial charge in [0.25, 0.3) is 0 Å². The second kappa shape index (κ2) is 11.6. The molecule has 1 heterocycles. The number of nitrogens with zero attached hydrogens (tertiary/aromatic N) is 1. The molecule has 0 atom stereocenters. The molecule has 0 aliphatic carbocycles. The summed E-state index contributed by atoms with van der Waals surface area (Å²) >= 11 is 0. The molecule has 1 aliphatic rings. The molecule has 2 aromatic carbocycles. The molecule has 2 N–H and O–H groups in total. The van der Waals surface area contributed by atoms with Crippen molar-refractivity contribution >= 4 is 11.6 Å². The van der Waals surface area contributed by atoms with Crippen LogP contribution < -0.4 is 24.8 Å². The van der Waals surface area contributed by atoms with Crippen LogP contribution in [0.3, 0.4) is 0 Å². The van der Waals surface area contributed by atoms with Gasteiger partial charge in [0.05, 0.1) is 27.4 Å². The summed E-state index contributed by atoms with van der Waals surface area (Å²) in [6.45, 7) is 7.48. The maximum atomic E-state index is 5.71. The summed E-state index contributed by atoms with van der Waals surface area (Å²) in [4.78, 5) is 4.98. The number of rotatable bonds is 9. The summed E-state index contributed by atoms with van der Waals surface area (Å²) in [6, 6.07) is 14.1. The largest absolute Gasteiger partial charge is 0.497 e. The second-order valence-electron chi connectivity index (χ2n) is 7.74. The fourth-order valence-corrected chi connectivity index (χ4v) is 3.94. The number of anilines is 1. The van der Waals surface area contributed by atoms with Gasteiger partial charge >= 0.3 is 0 Å². The molecule has 3 rings (SSSR count). The van der Waals surface area contributed by atoms with Crippen LogP contribution in [0.4, 0.5) is 5.69 Å². The van der Waals surface area contributed by atoms with Crippen molar-refractivity contribution in [3.63, 3.8) is 0 Å². The Balaban J connectivity index is 1.83. The highest BCUT2D eigenvalue weighted by atomic mass is 16.5. The standard InChI is InChI=1S/C25H35N3O4/c1-5-26-24(28-20-9-12-22(30-4)23(17-20)32-6-2)27-18-25(13-15-31-16-14-25)19-7-10-21(29-3)11-8-19/h7-12,17H,5-6,13-16,18H2,1-4H3,(H2,26,27,28). The maximum absolute atomic E-state index is 5.71. The van der Waals surface area contributed by atoms with Crippen molar-refractivity contribution in [1.82, 2.24) is 5.32 Å². The van der Waals surface area contributed by atoms with Crippen molar-refractivity contribution in [2.24, 2.45) is 4.99 Å². The van der Waals surface area contributed by atoms with Crippen LogP contribution in [0.2, 0.25) is 0 Å². The van der Waals surface area contributed by atoms with E-state index in [0.29, 0.717) is 24.7 Å². The molecule has 174 valence electrons. The number of guanidine groups is 1. The van der Waals surface area contributed by atoms with Crippen molar-refractivity contribution in [1.29, 1.82) is 0 Å². The highest BCUT2D eigenvalue weighted by Crippen LogP contribution is 2.36. The van der Waals surface area contributed by atoms with Gasteiger partial charge in [0.2, 0.25) is 0 Å². The summed E-state index contributed by atoms with van der Waals surface area (Å²) in [6.07, 6.45) is 1.86. The number of ether oxygens (including phenoxy) is 4. The summed E-state index contributed by atoms with van der Waals surface area (Å²) in [7, 11) is 3.33. The van der Waals surface area contributed by atoms with Crippen LogP contribution in [0.1, 0.15) is 32.3 Å². The number of hydrogen-bond acceptors (Lipinski definition) is 5. The first kappa shape index (κ1) is 23.7. The van der Waals surface area contributed by atoms with E-state index in [-0.39, 0.29) is 5.41 Å². The number of aliphatic imine (C=N–C) groups is 1. The number of nitrogens with one attached hydrogen (secondary N) is 2. The van der Waals surface area contributed by atoms with Gasteiger partial charge in [0, 0.05) is 36.9 Å². The van der Waals surface area contributed by atoms with E-state index < -0.39 is 0 Å². The lowest BCUT2D eigenvalue weighted by molar-refractivity contribution is 0.0531. The van der Waals surface area contributed by atoms with E-state index in [2.05, 4.69) is 29.7 Å². The van der Waals surface area contributed by atoms with E-state index in [4.69, 9.17) is 23.9 Å². The first-order valence-corrected chi connectivity index (χ1v) is 11.2. The van der Waals surface area contributed by atoms with E-state index in [1.54, 1.807) is 14.2 Å². The van der Waals surface area contributed by atoms with Gasteiger partial charge < -0.3 is 29.6 Å². The average molecular weight is 442 g/mol. The Morgan fingerprint density at radius 1 is 1.00 bits per heavy atom. The van der Waals surface area contributed by atoms with Gasteiger partial charge in [-0.05, 0) is 56.5 Å². The summed E-state index contributed by atoms with van der Waals surface area (Å²) in [5.74, 6) is 3.01.